The molecule has 1 fully saturated rings. The van der Waals surface area contributed by atoms with Crippen molar-refractivity contribution in [3.63, 3.8) is 0 Å². The van der Waals surface area contributed by atoms with Crippen molar-refractivity contribution in [1.82, 2.24) is 0 Å². The van der Waals surface area contributed by atoms with Crippen LogP contribution in [0.3, 0.4) is 0 Å². The number of anilines is 1. The SMILES string of the molecule is CC1(C(=O)Nc2ccc(C#N)cc2)CCCO1. The number of hydrogen-bond donors (Lipinski definition) is 1. The number of hydrogen-bond acceptors (Lipinski definition) is 3. The Hall–Kier alpha value is -1.86. The monoisotopic (exact) mass is 230 g/mol. The predicted octanol–water partition coefficient (Wildman–Crippen LogP) is 2.07. The van der Waals surface area contributed by atoms with Gasteiger partial charge in [0.1, 0.15) is 5.60 Å². The van der Waals surface area contributed by atoms with Gasteiger partial charge in [0, 0.05) is 12.3 Å². The van der Waals surface area contributed by atoms with E-state index in [0.717, 1.165) is 12.8 Å². The molecule has 0 aliphatic carbocycles. The molecule has 1 unspecified atom stereocenters. The van der Waals surface area contributed by atoms with E-state index in [1.54, 1.807) is 31.2 Å². The Kier molecular flexibility index (Phi) is 3.12. The van der Waals surface area contributed by atoms with E-state index in [-0.39, 0.29) is 5.91 Å². The molecule has 0 radical (unpaired) electrons. The van der Waals surface area contributed by atoms with E-state index in [1.807, 2.05) is 6.07 Å². The van der Waals surface area contributed by atoms with Gasteiger partial charge in [0.05, 0.1) is 11.6 Å². The van der Waals surface area contributed by atoms with Crippen LogP contribution in [0, 0.1) is 11.3 Å². The molecule has 4 nitrogen and oxygen atoms in total. The molecule has 0 aromatic heterocycles. The Morgan fingerprint density at radius 2 is 2.18 bits per heavy atom. The van der Waals surface area contributed by atoms with Crippen LogP contribution in [0.1, 0.15) is 25.3 Å². The molecule has 1 saturated heterocycles. The van der Waals surface area contributed by atoms with Crippen molar-refractivity contribution >= 4 is 11.6 Å². The van der Waals surface area contributed by atoms with E-state index in [0.29, 0.717) is 17.9 Å². The smallest absolute Gasteiger partial charge is 0.256 e. The van der Waals surface area contributed by atoms with E-state index in [9.17, 15) is 4.79 Å². The lowest BCUT2D eigenvalue weighted by Crippen LogP contribution is -2.39. The summed E-state index contributed by atoms with van der Waals surface area (Å²) < 4.78 is 5.45. The van der Waals surface area contributed by atoms with E-state index in [4.69, 9.17) is 10.00 Å². The molecule has 1 heterocycles. The van der Waals surface area contributed by atoms with Crippen molar-refractivity contribution in [3.05, 3.63) is 29.8 Å². The Balaban J connectivity index is 2.05. The number of rotatable bonds is 2. The first-order valence-corrected chi connectivity index (χ1v) is 5.60. The Bertz CT molecular complexity index is 453. The lowest BCUT2D eigenvalue weighted by molar-refractivity contribution is -0.133. The molecule has 2 rings (SSSR count). The first-order chi connectivity index (χ1) is 8.14. The minimum atomic E-state index is -0.714. The molecule has 4 heteroatoms. The summed E-state index contributed by atoms with van der Waals surface area (Å²) in [6.07, 6.45) is 1.66. The van der Waals surface area contributed by atoms with Gasteiger partial charge in [0.15, 0.2) is 0 Å². The molecule has 1 atom stereocenters. The minimum Gasteiger partial charge on any atom is -0.365 e. The van der Waals surface area contributed by atoms with Gasteiger partial charge in [-0.1, -0.05) is 0 Å². The van der Waals surface area contributed by atoms with Crippen LogP contribution >= 0.6 is 0 Å². The highest BCUT2D eigenvalue weighted by Crippen LogP contribution is 2.26. The summed E-state index contributed by atoms with van der Waals surface area (Å²) in [4.78, 5) is 12.0. The highest BCUT2D eigenvalue weighted by Gasteiger charge is 2.37. The normalized spacial score (nSPS) is 23.1. The predicted molar refractivity (Wildman–Crippen MR) is 63.4 cm³/mol. The summed E-state index contributed by atoms with van der Waals surface area (Å²) in [5.74, 6) is -0.125. The summed E-state index contributed by atoms with van der Waals surface area (Å²) in [6, 6.07) is 8.81. The van der Waals surface area contributed by atoms with E-state index in [2.05, 4.69) is 5.32 Å². The second kappa shape index (κ2) is 4.56. The molecule has 1 amide bonds. The Labute approximate surface area is 100 Å². The van der Waals surface area contributed by atoms with Crippen LogP contribution in [0.15, 0.2) is 24.3 Å². The van der Waals surface area contributed by atoms with Crippen molar-refractivity contribution in [1.29, 1.82) is 5.26 Å². The van der Waals surface area contributed by atoms with Gasteiger partial charge in [-0.15, -0.1) is 0 Å². The number of nitrogens with zero attached hydrogens (tertiary/aromatic N) is 1. The quantitative estimate of drug-likeness (QED) is 0.845. The third-order valence-corrected chi connectivity index (χ3v) is 2.97. The first kappa shape index (κ1) is 11.6. The molecular formula is C13H14N2O2. The van der Waals surface area contributed by atoms with Gasteiger partial charge >= 0.3 is 0 Å². The fourth-order valence-corrected chi connectivity index (χ4v) is 1.85. The van der Waals surface area contributed by atoms with Crippen molar-refractivity contribution in [2.24, 2.45) is 0 Å². The summed E-state index contributed by atoms with van der Waals surface area (Å²) in [7, 11) is 0. The van der Waals surface area contributed by atoms with Crippen LogP contribution < -0.4 is 5.32 Å². The second-order valence-corrected chi connectivity index (χ2v) is 4.33. The van der Waals surface area contributed by atoms with Gasteiger partial charge in [-0.3, -0.25) is 4.79 Å². The number of carbonyl (C=O) groups is 1. The van der Waals surface area contributed by atoms with Gasteiger partial charge in [-0.05, 0) is 44.0 Å². The zero-order chi connectivity index (χ0) is 12.3. The lowest BCUT2D eigenvalue weighted by Gasteiger charge is -2.21. The topological polar surface area (TPSA) is 62.1 Å². The number of carbonyl (C=O) groups excluding carboxylic acids is 1. The largest absolute Gasteiger partial charge is 0.365 e. The number of benzene rings is 1. The fourth-order valence-electron chi connectivity index (χ4n) is 1.85. The average Bonchev–Trinajstić information content (AvgIpc) is 2.78. The van der Waals surface area contributed by atoms with Gasteiger partial charge in [-0.2, -0.15) is 5.26 Å². The van der Waals surface area contributed by atoms with Gasteiger partial charge in [0.2, 0.25) is 0 Å². The van der Waals surface area contributed by atoms with Crippen molar-refractivity contribution < 1.29 is 9.53 Å². The molecule has 1 aliphatic rings. The molecule has 1 N–H and O–H groups in total. The van der Waals surface area contributed by atoms with E-state index in [1.165, 1.54) is 0 Å². The van der Waals surface area contributed by atoms with Crippen molar-refractivity contribution in [3.8, 4) is 6.07 Å². The molecule has 1 aromatic carbocycles. The molecule has 0 spiro atoms. The molecule has 17 heavy (non-hydrogen) atoms. The molecule has 0 saturated carbocycles. The summed E-state index contributed by atoms with van der Waals surface area (Å²) in [6.45, 7) is 2.44. The number of nitrogens with one attached hydrogen (secondary N) is 1. The van der Waals surface area contributed by atoms with Crippen LogP contribution in [-0.4, -0.2) is 18.1 Å². The number of ether oxygens (including phenoxy) is 1. The number of amides is 1. The lowest BCUT2D eigenvalue weighted by atomic mass is 10.0. The first-order valence-electron chi connectivity index (χ1n) is 5.60. The van der Waals surface area contributed by atoms with Gasteiger partial charge < -0.3 is 10.1 Å². The standard InChI is InChI=1S/C13H14N2O2/c1-13(7-2-8-17-13)12(16)15-11-5-3-10(9-14)4-6-11/h3-6H,2,7-8H2,1H3,(H,15,16). The fraction of sp³-hybridized carbons (Fsp3) is 0.385. The van der Waals surface area contributed by atoms with E-state index < -0.39 is 5.60 Å². The molecular weight excluding hydrogens is 216 g/mol. The summed E-state index contributed by atoms with van der Waals surface area (Å²) >= 11 is 0. The van der Waals surface area contributed by atoms with Crippen LogP contribution in [0.5, 0.6) is 0 Å². The highest BCUT2D eigenvalue weighted by molar-refractivity contribution is 5.97. The zero-order valence-electron chi connectivity index (χ0n) is 9.69. The minimum absolute atomic E-state index is 0.125. The molecule has 88 valence electrons. The van der Waals surface area contributed by atoms with Crippen LogP contribution in [-0.2, 0) is 9.53 Å². The maximum absolute atomic E-state index is 12.0. The molecule has 1 aromatic rings. The maximum Gasteiger partial charge on any atom is 0.256 e. The van der Waals surface area contributed by atoms with Crippen molar-refractivity contribution in [2.45, 2.75) is 25.4 Å². The molecule has 0 bridgehead atoms. The van der Waals surface area contributed by atoms with Gasteiger partial charge in [0.25, 0.3) is 5.91 Å². The highest BCUT2D eigenvalue weighted by atomic mass is 16.5. The molecule has 1 aliphatic heterocycles. The van der Waals surface area contributed by atoms with Crippen LogP contribution in [0.4, 0.5) is 5.69 Å². The number of nitriles is 1. The summed E-state index contributed by atoms with van der Waals surface area (Å²) in [5, 5.41) is 11.5. The Morgan fingerprint density at radius 1 is 1.47 bits per heavy atom. The third-order valence-electron chi connectivity index (χ3n) is 2.97. The van der Waals surface area contributed by atoms with Crippen molar-refractivity contribution in [2.75, 3.05) is 11.9 Å². The Morgan fingerprint density at radius 3 is 2.71 bits per heavy atom. The zero-order valence-corrected chi connectivity index (χ0v) is 9.69. The maximum atomic E-state index is 12.0. The second-order valence-electron chi connectivity index (χ2n) is 4.33. The van der Waals surface area contributed by atoms with Crippen LogP contribution in [0.2, 0.25) is 0 Å². The van der Waals surface area contributed by atoms with E-state index >= 15 is 0 Å². The van der Waals surface area contributed by atoms with Gasteiger partial charge in [-0.25, -0.2) is 0 Å². The van der Waals surface area contributed by atoms with Crippen LogP contribution in [0.25, 0.3) is 0 Å². The summed E-state index contributed by atoms with van der Waals surface area (Å²) in [5.41, 5.74) is 0.547. The average molecular weight is 230 g/mol. The third kappa shape index (κ3) is 2.45.